The normalized spacial score (nSPS) is 18.6. The lowest BCUT2D eigenvalue weighted by Gasteiger charge is -2.44. The molecular formula is C24H41N5O5. The van der Waals surface area contributed by atoms with Crippen molar-refractivity contribution in [2.24, 2.45) is 20.8 Å². The second-order valence-corrected chi connectivity index (χ2v) is 8.92. The van der Waals surface area contributed by atoms with Crippen LogP contribution in [0.3, 0.4) is 0 Å². The third-order valence-corrected chi connectivity index (χ3v) is 4.89. The molecule has 1 rings (SSSR count). The van der Waals surface area contributed by atoms with E-state index in [1.54, 1.807) is 12.2 Å². The number of isocyanates is 5. The Balaban J connectivity index is -0.000000210. The van der Waals surface area contributed by atoms with E-state index in [1.807, 2.05) is 0 Å². The first-order valence-electron chi connectivity index (χ1n) is 11.3. The summed E-state index contributed by atoms with van der Waals surface area (Å²) >= 11 is 0. The summed E-state index contributed by atoms with van der Waals surface area (Å²) in [6.45, 7) is 11.4. The van der Waals surface area contributed by atoms with E-state index in [-0.39, 0.29) is 16.9 Å². The zero-order chi connectivity index (χ0) is 27.3. The Morgan fingerprint density at radius 3 is 1.50 bits per heavy atom. The lowest BCUT2D eigenvalue weighted by molar-refractivity contribution is 0.0915. The lowest BCUT2D eigenvalue weighted by atomic mass is 9.63. The Labute approximate surface area is 203 Å². The van der Waals surface area contributed by atoms with Crippen LogP contribution in [-0.2, 0) is 24.0 Å². The van der Waals surface area contributed by atoms with E-state index < -0.39 is 0 Å². The zero-order valence-corrected chi connectivity index (χ0v) is 21.3. The van der Waals surface area contributed by atoms with E-state index in [4.69, 9.17) is 30.6 Å². The van der Waals surface area contributed by atoms with Gasteiger partial charge in [0.05, 0.1) is 12.6 Å². The predicted octanol–water partition coefficient (Wildman–Crippen LogP) is 5.70. The maximum atomic E-state index is 10.3. The van der Waals surface area contributed by atoms with Crippen molar-refractivity contribution in [3.8, 4) is 0 Å². The molecule has 0 saturated heterocycles. The van der Waals surface area contributed by atoms with Crippen LogP contribution in [0, 0.1) is 27.1 Å². The van der Waals surface area contributed by atoms with Crippen molar-refractivity contribution in [1.29, 1.82) is 16.2 Å². The molecule has 10 heteroatoms. The molecule has 0 amide bonds. The van der Waals surface area contributed by atoms with Crippen molar-refractivity contribution in [1.82, 2.24) is 0 Å². The first-order valence-corrected chi connectivity index (χ1v) is 11.3. The van der Waals surface area contributed by atoms with Gasteiger partial charge < -0.3 is 0 Å². The van der Waals surface area contributed by atoms with Crippen LogP contribution in [0.5, 0.6) is 0 Å². The fourth-order valence-electron chi connectivity index (χ4n) is 4.12. The molecule has 1 saturated carbocycles. The summed E-state index contributed by atoms with van der Waals surface area (Å²) < 4.78 is 0. The van der Waals surface area contributed by atoms with Crippen molar-refractivity contribution in [2.75, 3.05) is 6.54 Å². The molecule has 0 bridgehead atoms. The minimum absolute atomic E-state index is 0.00750. The number of hydrogen-bond acceptors (Lipinski definition) is 10. The average molecular weight is 480 g/mol. The fraction of sp³-hybridized carbons (Fsp3) is 0.792. The monoisotopic (exact) mass is 479 g/mol. The molecule has 0 aliphatic heterocycles. The highest BCUT2D eigenvalue weighted by atomic mass is 16.1. The second kappa shape index (κ2) is 27.9. The summed E-state index contributed by atoms with van der Waals surface area (Å²) in [5.74, 6) is 0. The van der Waals surface area contributed by atoms with E-state index in [9.17, 15) is 9.59 Å². The Bertz CT molecular complexity index is 660. The molecule has 2 unspecified atom stereocenters. The SMILES string of the molecule is CC1(C)CC(N=C=O)CC(C)(CN=C=O)C1.CCCCCCCCC.N=C=O.N=C=O.N=C=O. The number of carbonyl (C=O) groups excluding carboxylic acids is 5. The van der Waals surface area contributed by atoms with E-state index in [0.717, 1.165) is 37.5 Å². The predicted molar refractivity (Wildman–Crippen MR) is 130 cm³/mol. The summed E-state index contributed by atoms with van der Waals surface area (Å²) in [6, 6.07) is 0.00750. The first kappa shape index (κ1) is 38.2. The summed E-state index contributed by atoms with van der Waals surface area (Å²) in [4.78, 5) is 53.1. The van der Waals surface area contributed by atoms with Crippen LogP contribution in [-0.4, -0.2) is 43.0 Å². The highest BCUT2D eigenvalue weighted by Crippen LogP contribution is 2.47. The fourth-order valence-corrected chi connectivity index (χ4v) is 4.12. The van der Waals surface area contributed by atoms with Crippen molar-refractivity contribution in [2.45, 2.75) is 105 Å². The van der Waals surface area contributed by atoms with Gasteiger partial charge in [-0.05, 0) is 30.1 Å². The largest absolute Gasteiger partial charge is 0.235 e. The van der Waals surface area contributed by atoms with Gasteiger partial charge >= 0.3 is 0 Å². The Hall–Kier alpha value is -3.10. The molecule has 2 atom stereocenters. The Kier molecular flexibility index (Phi) is 31.4. The Morgan fingerprint density at radius 1 is 0.735 bits per heavy atom. The molecule has 0 aromatic carbocycles. The molecule has 1 aliphatic carbocycles. The van der Waals surface area contributed by atoms with Gasteiger partial charge in [0.2, 0.25) is 30.4 Å². The first-order chi connectivity index (χ1) is 16.1. The number of unbranched alkanes of at least 4 members (excludes halogenated alkanes) is 6. The number of nitrogens with one attached hydrogen (secondary N) is 3. The summed E-state index contributed by atoms with van der Waals surface area (Å²) in [5, 5.41) is 16.2. The van der Waals surface area contributed by atoms with Gasteiger partial charge in [0.25, 0.3) is 0 Å². The third-order valence-electron chi connectivity index (χ3n) is 4.89. The quantitative estimate of drug-likeness (QED) is 0.217. The minimum atomic E-state index is -0.0653. The number of aliphatic imine (C=N–C) groups is 2. The van der Waals surface area contributed by atoms with Crippen molar-refractivity contribution < 1.29 is 24.0 Å². The molecular weight excluding hydrogens is 438 g/mol. The molecule has 0 aromatic heterocycles. The van der Waals surface area contributed by atoms with Crippen molar-refractivity contribution >= 4 is 30.4 Å². The van der Waals surface area contributed by atoms with Gasteiger partial charge in [-0.2, -0.15) is 0 Å². The van der Waals surface area contributed by atoms with Gasteiger partial charge in [0, 0.05) is 0 Å². The summed E-state index contributed by atoms with van der Waals surface area (Å²) in [5.41, 5.74) is 0.0561. The van der Waals surface area contributed by atoms with Crippen LogP contribution in [0.25, 0.3) is 0 Å². The number of nitrogens with zero attached hydrogens (tertiary/aromatic N) is 2. The van der Waals surface area contributed by atoms with Gasteiger partial charge in [0.15, 0.2) is 0 Å². The van der Waals surface area contributed by atoms with Gasteiger partial charge in [-0.15, -0.1) is 0 Å². The van der Waals surface area contributed by atoms with Crippen LogP contribution in [0.2, 0.25) is 0 Å². The maximum absolute atomic E-state index is 10.3. The molecule has 192 valence electrons. The maximum Gasteiger partial charge on any atom is 0.235 e. The molecule has 0 radical (unpaired) electrons. The minimum Gasteiger partial charge on any atom is -0.222 e. The molecule has 10 nitrogen and oxygen atoms in total. The van der Waals surface area contributed by atoms with Crippen LogP contribution in [0.4, 0.5) is 0 Å². The molecule has 0 aromatic rings. The third kappa shape index (κ3) is 31.1. The molecule has 1 aliphatic rings. The molecule has 0 spiro atoms. The molecule has 1 fully saturated rings. The van der Waals surface area contributed by atoms with E-state index in [0.29, 0.717) is 6.54 Å². The van der Waals surface area contributed by atoms with E-state index in [2.05, 4.69) is 44.6 Å². The Morgan fingerprint density at radius 2 is 1.15 bits per heavy atom. The van der Waals surface area contributed by atoms with Gasteiger partial charge in [-0.1, -0.05) is 79.6 Å². The van der Waals surface area contributed by atoms with Gasteiger partial charge in [-0.3, -0.25) is 0 Å². The highest BCUT2D eigenvalue weighted by molar-refractivity contribution is 5.34. The van der Waals surface area contributed by atoms with Crippen LogP contribution < -0.4 is 0 Å². The van der Waals surface area contributed by atoms with Gasteiger partial charge in [0.1, 0.15) is 0 Å². The van der Waals surface area contributed by atoms with E-state index >= 15 is 0 Å². The molecule has 34 heavy (non-hydrogen) atoms. The smallest absolute Gasteiger partial charge is 0.222 e. The summed E-state index contributed by atoms with van der Waals surface area (Å²) in [7, 11) is 0. The number of rotatable bonds is 9. The average Bonchev–Trinajstić information content (AvgIpc) is 2.73. The highest BCUT2D eigenvalue weighted by Gasteiger charge is 2.41. The van der Waals surface area contributed by atoms with Crippen LogP contribution in [0.1, 0.15) is 98.8 Å². The zero-order valence-electron chi connectivity index (χ0n) is 21.3. The van der Waals surface area contributed by atoms with Gasteiger partial charge in [-0.25, -0.2) is 50.2 Å². The standard InChI is InChI=1S/C12H18N2O2.C9H20.3CHNO/c1-11(2)4-10(14-9-16)5-12(3,6-11)7-13-8-15;1-3-5-7-9-8-6-4-2;3*2-1-3/h10H,4-7H2,1-3H3;3-9H2,1-2H3;3*2H. The number of hydrogen-bond donors (Lipinski definition) is 3. The topological polar surface area (TPSA) is 182 Å². The lowest BCUT2D eigenvalue weighted by Crippen LogP contribution is -2.39. The van der Waals surface area contributed by atoms with Crippen LogP contribution in [0.15, 0.2) is 9.98 Å². The van der Waals surface area contributed by atoms with Crippen LogP contribution >= 0.6 is 0 Å². The van der Waals surface area contributed by atoms with Crippen molar-refractivity contribution in [3.05, 3.63) is 0 Å². The molecule has 0 heterocycles. The van der Waals surface area contributed by atoms with E-state index in [1.165, 1.54) is 44.9 Å². The second-order valence-electron chi connectivity index (χ2n) is 8.92. The molecule has 3 N–H and O–H groups in total. The van der Waals surface area contributed by atoms with Crippen molar-refractivity contribution in [3.63, 3.8) is 0 Å². The summed E-state index contributed by atoms with van der Waals surface area (Å²) in [6.07, 6.45) is 18.1.